The number of aromatic hydroxyl groups is 1. The summed E-state index contributed by atoms with van der Waals surface area (Å²) in [6, 6.07) is 4.29. The number of hydrogen-bond donors (Lipinski definition) is 3. The highest BCUT2D eigenvalue weighted by molar-refractivity contribution is 5.61. The van der Waals surface area contributed by atoms with Gasteiger partial charge in [-0.2, -0.15) is 0 Å². The summed E-state index contributed by atoms with van der Waals surface area (Å²) in [5, 5.41) is 21.0. The van der Waals surface area contributed by atoms with Crippen LogP contribution in [0.2, 0.25) is 0 Å². The van der Waals surface area contributed by atoms with Crippen molar-refractivity contribution in [2.24, 2.45) is 11.7 Å². The molecule has 5 rings (SSSR count). The van der Waals surface area contributed by atoms with Crippen molar-refractivity contribution >= 4 is 0 Å². The molecule has 2 bridgehead atoms. The second-order valence-corrected chi connectivity index (χ2v) is 8.52. The molecule has 5 nitrogen and oxygen atoms in total. The molecule has 2 heterocycles. The van der Waals surface area contributed by atoms with E-state index < -0.39 is 6.10 Å². The monoisotopic (exact) mass is 343 g/mol. The van der Waals surface area contributed by atoms with Gasteiger partial charge in [-0.1, -0.05) is 18.2 Å². The van der Waals surface area contributed by atoms with Crippen LogP contribution in [0.5, 0.6) is 11.5 Å². The van der Waals surface area contributed by atoms with Crippen LogP contribution < -0.4 is 10.5 Å². The van der Waals surface area contributed by atoms with Gasteiger partial charge in [0.1, 0.15) is 18.2 Å². The van der Waals surface area contributed by atoms with Crippen LogP contribution in [0, 0.1) is 5.92 Å². The molecule has 4 N–H and O–H groups in total. The largest absolute Gasteiger partial charge is 0.504 e. The molecule has 5 heteroatoms. The van der Waals surface area contributed by atoms with Gasteiger partial charge in [0.05, 0.1) is 25.6 Å². The summed E-state index contributed by atoms with van der Waals surface area (Å²) >= 11 is 0. The van der Waals surface area contributed by atoms with E-state index >= 15 is 0 Å². The molecule has 0 radical (unpaired) electrons. The highest BCUT2D eigenvalue weighted by Gasteiger charge is 2.67. The number of nitrogens with zero attached hydrogens (tertiary/aromatic N) is 1. The molecule has 1 spiro atoms. The van der Waals surface area contributed by atoms with Gasteiger partial charge < -0.3 is 25.2 Å². The summed E-state index contributed by atoms with van der Waals surface area (Å²) < 4.78 is 7.23. The smallest absolute Gasteiger partial charge is 0.165 e. The van der Waals surface area contributed by atoms with Crippen molar-refractivity contribution in [1.29, 1.82) is 0 Å². The summed E-state index contributed by atoms with van der Waals surface area (Å²) in [6.07, 6.45) is 6.25. The number of phenols is 1. The molecular formula is C20H27N2O3+. The van der Waals surface area contributed by atoms with Gasteiger partial charge in [0.25, 0.3) is 0 Å². The third kappa shape index (κ3) is 1.79. The maximum absolute atomic E-state index is 10.6. The SMILES string of the molecule is C[N+]1(CCCN)CC[C@]23c4c5ccc(O)c4O[C@H]2[C@@H](O)C=C[C@H]3[C@H]1C5. The van der Waals surface area contributed by atoms with Crippen molar-refractivity contribution in [3.8, 4) is 11.5 Å². The summed E-state index contributed by atoms with van der Waals surface area (Å²) in [5.41, 5.74) is 8.07. The van der Waals surface area contributed by atoms with Crippen LogP contribution in [0.25, 0.3) is 0 Å². The first-order chi connectivity index (χ1) is 12.0. The first-order valence-electron chi connectivity index (χ1n) is 9.44. The molecule has 2 aliphatic heterocycles. The predicted molar refractivity (Wildman–Crippen MR) is 94.5 cm³/mol. The molecule has 1 unspecified atom stereocenters. The Labute approximate surface area is 148 Å². The fourth-order valence-electron chi connectivity index (χ4n) is 6.23. The van der Waals surface area contributed by atoms with Gasteiger partial charge in [-0.25, -0.2) is 0 Å². The lowest BCUT2D eigenvalue weighted by Gasteiger charge is -2.59. The number of benzene rings is 1. The maximum atomic E-state index is 10.6. The Balaban J connectivity index is 1.71. The van der Waals surface area contributed by atoms with Crippen LogP contribution in [-0.4, -0.2) is 59.6 Å². The third-order valence-corrected chi connectivity index (χ3v) is 7.42. The van der Waals surface area contributed by atoms with E-state index in [2.05, 4.69) is 19.2 Å². The van der Waals surface area contributed by atoms with Gasteiger partial charge in [0.15, 0.2) is 11.5 Å². The normalized spacial score (nSPS) is 42.8. The minimum Gasteiger partial charge on any atom is -0.504 e. The Morgan fingerprint density at radius 3 is 3.00 bits per heavy atom. The van der Waals surface area contributed by atoms with Gasteiger partial charge in [0.2, 0.25) is 0 Å². The van der Waals surface area contributed by atoms with Crippen LogP contribution in [0.4, 0.5) is 0 Å². The fraction of sp³-hybridized carbons (Fsp3) is 0.600. The number of likely N-dealkylation sites (tertiary alicyclic amines) is 1. The molecule has 6 atom stereocenters. The molecule has 0 aromatic heterocycles. The maximum Gasteiger partial charge on any atom is 0.165 e. The van der Waals surface area contributed by atoms with Crippen LogP contribution in [-0.2, 0) is 11.8 Å². The molecule has 25 heavy (non-hydrogen) atoms. The number of aliphatic hydroxyl groups excluding tert-OH is 1. The molecule has 0 saturated carbocycles. The van der Waals surface area contributed by atoms with E-state index in [0.29, 0.717) is 17.7 Å². The Morgan fingerprint density at radius 1 is 1.36 bits per heavy atom. The van der Waals surface area contributed by atoms with E-state index in [0.717, 1.165) is 43.4 Å². The quantitative estimate of drug-likeness (QED) is 0.567. The molecule has 1 saturated heterocycles. The molecular weight excluding hydrogens is 316 g/mol. The van der Waals surface area contributed by atoms with Crippen molar-refractivity contribution in [1.82, 2.24) is 0 Å². The van der Waals surface area contributed by atoms with Crippen LogP contribution >= 0.6 is 0 Å². The zero-order valence-electron chi connectivity index (χ0n) is 14.7. The zero-order chi connectivity index (χ0) is 17.4. The summed E-state index contributed by atoms with van der Waals surface area (Å²) in [4.78, 5) is 0. The van der Waals surface area contributed by atoms with Gasteiger partial charge in [-0.05, 0) is 18.2 Å². The molecule has 134 valence electrons. The second kappa shape index (κ2) is 5.00. The minimum absolute atomic E-state index is 0.193. The summed E-state index contributed by atoms with van der Waals surface area (Å²) in [5.74, 6) is 1.16. The Hall–Kier alpha value is -1.56. The Morgan fingerprint density at radius 2 is 2.20 bits per heavy atom. The number of likely N-dealkylation sites (N-methyl/N-ethyl adjacent to an activating group) is 1. The highest BCUT2D eigenvalue weighted by Crippen LogP contribution is 2.63. The van der Waals surface area contributed by atoms with E-state index in [-0.39, 0.29) is 17.3 Å². The van der Waals surface area contributed by atoms with Crippen molar-refractivity contribution < 1.29 is 19.4 Å². The lowest BCUT2D eigenvalue weighted by atomic mass is 9.52. The average Bonchev–Trinajstić information content (AvgIpc) is 2.96. The van der Waals surface area contributed by atoms with Crippen LogP contribution in [0.15, 0.2) is 24.3 Å². The van der Waals surface area contributed by atoms with E-state index in [1.54, 1.807) is 6.07 Å². The Kier molecular flexibility index (Phi) is 3.13. The number of quaternary nitrogens is 1. The average molecular weight is 343 g/mol. The first-order valence-corrected chi connectivity index (χ1v) is 9.44. The number of nitrogens with two attached hydrogens (primary N) is 1. The first kappa shape index (κ1) is 15.7. The molecule has 1 aromatic carbocycles. The van der Waals surface area contributed by atoms with Crippen LogP contribution in [0.3, 0.4) is 0 Å². The van der Waals surface area contributed by atoms with Crippen LogP contribution in [0.1, 0.15) is 24.0 Å². The molecule has 0 amide bonds. The molecule has 1 aromatic rings. The van der Waals surface area contributed by atoms with Crippen molar-refractivity contribution in [2.45, 2.75) is 42.9 Å². The third-order valence-electron chi connectivity index (χ3n) is 7.42. The lowest BCUT2D eigenvalue weighted by molar-refractivity contribution is -0.944. The molecule has 1 fully saturated rings. The van der Waals surface area contributed by atoms with Gasteiger partial charge >= 0.3 is 0 Å². The predicted octanol–water partition coefficient (Wildman–Crippen LogP) is 1.06. The van der Waals surface area contributed by atoms with Gasteiger partial charge in [-0.3, -0.25) is 0 Å². The van der Waals surface area contributed by atoms with E-state index in [9.17, 15) is 10.2 Å². The number of piperidine rings is 1. The number of phenolic OH excluding ortho intramolecular Hbond substituents is 1. The molecule has 2 aliphatic carbocycles. The number of hydrogen-bond acceptors (Lipinski definition) is 4. The number of ether oxygens (including phenoxy) is 1. The zero-order valence-corrected chi connectivity index (χ0v) is 14.7. The fourth-order valence-corrected chi connectivity index (χ4v) is 6.23. The van der Waals surface area contributed by atoms with E-state index in [1.165, 1.54) is 11.1 Å². The molecule has 4 aliphatic rings. The number of aliphatic hydroxyl groups is 1. The topological polar surface area (TPSA) is 75.7 Å². The van der Waals surface area contributed by atoms with Crippen molar-refractivity contribution in [3.63, 3.8) is 0 Å². The summed E-state index contributed by atoms with van der Waals surface area (Å²) in [7, 11) is 2.36. The van der Waals surface area contributed by atoms with Crippen molar-refractivity contribution in [3.05, 3.63) is 35.4 Å². The Bertz CT molecular complexity index is 764. The standard InChI is InChI=1S/C20H26N2O3/c1-22(9-2-8-21)10-7-20-13-4-6-16(24)19(20)25-18-15(23)5-3-12(17(18)20)11-14(13)22/h3-6,13-14,16,19,24H,2,7-11,21H2,1H3/p+1/t13-,14+,16-,19-,20-,22?/m0/s1. The summed E-state index contributed by atoms with van der Waals surface area (Å²) in [6.45, 7) is 2.89. The van der Waals surface area contributed by atoms with Crippen molar-refractivity contribution in [2.75, 3.05) is 26.7 Å². The number of rotatable bonds is 3. The second-order valence-electron chi connectivity index (χ2n) is 8.52. The van der Waals surface area contributed by atoms with E-state index in [1.807, 2.05) is 6.08 Å². The van der Waals surface area contributed by atoms with E-state index in [4.69, 9.17) is 10.5 Å². The lowest BCUT2D eigenvalue weighted by Crippen LogP contribution is -2.71. The van der Waals surface area contributed by atoms with Gasteiger partial charge in [-0.15, -0.1) is 0 Å². The van der Waals surface area contributed by atoms with Gasteiger partial charge in [0, 0.05) is 30.7 Å². The minimum atomic E-state index is -0.615. The highest BCUT2D eigenvalue weighted by atomic mass is 16.5.